The van der Waals surface area contributed by atoms with Gasteiger partial charge in [-0.2, -0.15) is 0 Å². The molecule has 1 heterocycles. The molecule has 2 atom stereocenters. The average molecular weight is 251 g/mol. The SMILES string of the molecule is O=C(N[C@H]1COC[C@@H](O)C1)OCc1ccccc1. The van der Waals surface area contributed by atoms with E-state index in [1.54, 1.807) is 0 Å². The van der Waals surface area contributed by atoms with E-state index in [0.29, 0.717) is 19.6 Å². The van der Waals surface area contributed by atoms with Gasteiger partial charge in [-0.15, -0.1) is 0 Å². The number of rotatable bonds is 3. The van der Waals surface area contributed by atoms with Crippen LogP contribution in [-0.4, -0.2) is 36.6 Å². The summed E-state index contributed by atoms with van der Waals surface area (Å²) in [5.41, 5.74) is 0.938. The average Bonchev–Trinajstić information content (AvgIpc) is 2.38. The standard InChI is InChI=1S/C13H17NO4/c15-12-6-11(8-17-9-12)14-13(16)18-7-10-4-2-1-3-5-10/h1-5,11-12,15H,6-9H2,(H,14,16)/t11-,12+/m1/s1. The highest BCUT2D eigenvalue weighted by Gasteiger charge is 2.22. The van der Waals surface area contributed by atoms with Crippen LogP contribution in [0.1, 0.15) is 12.0 Å². The van der Waals surface area contributed by atoms with Crippen LogP contribution in [0.25, 0.3) is 0 Å². The van der Waals surface area contributed by atoms with Gasteiger partial charge >= 0.3 is 6.09 Å². The molecule has 1 aromatic carbocycles. The molecule has 0 aromatic heterocycles. The summed E-state index contributed by atoms with van der Waals surface area (Å²) in [5, 5.41) is 12.1. The van der Waals surface area contributed by atoms with E-state index in [1.165, 1.54) is 0 Å². The van der Waals surface area contributed by atoms with Crippen LogP contribution in [-0.2, 0) is 16.1 Å². The number of ether oxygens (including phenoxy) is 2. The second-order valence-electron chi connectivity index (χ2n) is 4.33. The van der Waals surface area contributed by atoms with Gasteiger partial charge in [0.05, 0.1) is 25.4 Å². The molecule has 98 valence electrons. The Kier molecular flexibility index (Phi) is 4.55. The van der Waals surface area contributed by atoms with Crippen LogP contribution >= 0.6 is 0 Å². The van der Waals surface area contributed by atoms with Crippen LogP contribution in [0.3, 0.4) is 0 Å². The van der Waals surface area contributed by atoms with Crippen LogP contribution in [0, 0.1) is 0 Å². The summed E-state index contributed by atoms with van der Waals surface area (Å²) in [6.07, 6.45) is -0.500. The van der Waals surface area contributed by atoms with Crippen molar-refractivity contribution in [2.45, 2.75) is 25.2 Å². The predicted molar refractivity (Wildman–Crippen MR) is 65.0 cm³/mol. The summed E-state index contributed by atoms with van der Waals surface area (Å²) in [6.45, 7) is 0.984. The summed E-state index contributed by atoms with van der Waals surface area (Å²) < 4.78 is 10.2. The molecular weight excluding hydrogens is 234 g/mol. The molecule has 2 N–H and O–H groups in total. The first-order valence-electron chi connectivity index (χ1n) is 5.97. The molecule has 1 aliphatic heterocycles. The lowest BCUT2D eigenvalue weighted by molar-refractivity contribution is -0.0228. The lowest BCUT2D eigenvalue weighted by Crippen LogP contribution is -2.45. The highest BCUT2D eigenvalue weighted by Crippen LogP contribution is 2.07. The van der Waals surface area contributed by atoms with Crippen molar-refractivity contribution in [1.82, 2.24) is 5.32 Å². The summed E-state index contributed by atoms with van der Waals surface area (Å²) in [7, 11) is 0. The Hall–Kier alpha value is -1.59. The zero-order chi connectivity index (χ0) is 12.8. The van der Waals surface area contributed by atoms with Crippen molar-refractivity contribution in [2.75, 3.05) is 13.2 Å². The normalized spacial score (nSPS) is 23.4. The first-order chi connectivity index (χ1) is 8.74. The number of hydrogen-bond acceptors (Lipinski definition) is 4. The number of nitrogens with one attached hydrogen (secondary N) is 1. The van der Waals surface area contributed by atoms with Crippen molar-refractivity contribution >= 4 is 6.09 Å². The number of carbonyl (C=O) groups excluding carboxylic acids is 1. The topological polar surface area (TPSA) is 67.8 Å². The third-order valence-electron chi connectivity index (χ3n) is 2.72. The maximum absolute atomic E-state index is 11.5. The van der Waals surface area contributed by atoms with Gasteiger partial charge < -0.3 is 19.9 Å². The van der Waals surface area contributed by atoms with Crippen LogP contribution in [0.15, 0.2) is 30.3 Å². The summed E-state index contributed by atoms with van der Waals surface area (Å²) in [6, 6.07) is 9.28. The van der Waals surface area contributed by atoms with E-state index in [2.05, 4.69) is 5.32 Å². The van der Waals surface area contributed by atoms with E-state index in [4.69, 9.17) is 9.47 Å². The first-order valence-corrected chi connectivity index (χ1v) is 5.97. The molecule has 1 fully saturated rings. The molecule has 0 unspecified atom stereocenters. The Morgan fingerprint density at radius 3 is 2.89 bits per heavy atom. The predicted octanol–water partition coefficient (Wildman–Crippen LogP) is 1.06. The quantitative estimate of drug-likeness (QED) is 0.843. The minimum absolute atomic E-state index is 0.183. The molecule has 18 heavy (non-hydrogen) atoms. The number of alkyl carbamates (subject to hydrolysis) is 1. The van der Waals surface area contributed by atoms with E-state index < -0.39 is 12.2 Å². The molecule has 5 nitrogen and oxygen atoms in total. The highest BCUT2D eigenvalue weighted by atomic mass is 16.5. The van der Waals surface area contributed by atoms with Gasteiger partial charge in [0.15, 0.2) is 0 Å². The number of hydrogen-bond donors (Lipinski definition) is 2. The van der Waals surface area contributed by atoms with Crippen molar-refractivity contribution in [3.8, 4) is 0 Å². The molecular formula is C13H17NO4. The van der Waals surface area contributed by atoms with Crippen molar-refractivity contribution in [3.63, 3.8) is 0 Å². The lowest BCUT2D eigenvalue weighted by Gasteiger charge is -2.26. The Labute approximate surface area is 106 Å². The van der Waals surface area contributed by atoms with Crippen LogP contribution < -0.4 is 5.32 Å². The van der Waals surface area contributed by atoms with Crippen molar-refractivity contribution in [2.24, 2.45) is 0 Å². The maximum atomic E-state index is 11.5. The van der Waals surface area contributed by atoms with Gasteiger partial charge in [0.25, 0.3) is 0 Å². The Balaban J connectivity index is 1.72. The van der Waals surface area contributed by atoms with Crippen molar-refractivity contribution in [3.05, 3.63) is 35.9 Å². The van der Waals surface area contributed by atoms with Gasteiger partial charge in [0.2, 0.25) is 0 Å². The maximum Gasteiger partial charge on any atom is 0.407 e. The molecule has 1 aliphatic rings. The van der Waals surface area contributed by atoms with Crippen molar-refractivity contribution < 1.29 is 19.4 Å². The molecule has 5 heteroatoms. The second-order valence-corrected chi connectivity index (χ2v) is 4.33. The fourth-order valence-corrected chi connectivity index (χ4v) is 1.84. The second kappa shape index (κ2) is 6.37. The number of aliphatic hydroxyl groups is 1. The van der Waals surface area contributed by atoms with Crippen LogP contribution in [0.4, 0.5) is 4.79 Å². The first kappa shape index (κ1) is 12.9. The molecule has 1 saturated heterocycles. The number of aliphatic hydroxyl groups excluding tert-OH is 1. The van der Waals surface area contributed by atoms with E-state index in [1.807, 2.05) is 30.3 Å². The van der Waals surface area contributed by atoms with Gasteiger partial charge in [-0.1, -0.05) is 30.3 Å². The summed E-state index contributed by atoms with van der Waals surface area (Å²) >= 11 is 0. The monoisotopic (exact) mass is 251 g/mol. The fourth-order valence-electron chi connectivity index (χ4n) is 1.84. The Morgan fingerprint density at radius 1 is 1.39 bits per heavy atom. The zero-order valence-electron chi connectivity index (χ0n) is 10.0. The summed E-state index contributed by atoms with van der Waals surface area (Å²) in [5.74, 6) is 0. The lowest BCUT2D eigenvalue weighted by atomic mass is 10.1. The third kappa shape index (κ3) is 4.01. The Bertz CT molecular complexity index is 382. The van der Waals surface area contributed by atoms with E-state index in [0.717, 1.165) is 5.56 Å². The van der Waals surface area contributed by atoms with E-state index in [-0.39, 0.29) is 12.6 Å². The van der Waals surface area contributed by atoms with E-state index >= 15 is 0 Å². The van der Waals surface area contributed by atoms with Crippen molar-refractivity contribution in [1.29, 1.82) is 0 Å². The minimum atomic E-state index is -0.516. The molecule has 0 radical (unpaired) electrons. The number of carbonyl (C=O) groups is 1. The number of benzene rings is 1. The third-order valence-corrected chi connectivity index (χ3v) is 2.72. The van der Waals surface area contributed by atoms with E-state index in [9.17, 15) is 9.90 Å². The minimum Gasteiger partial charge on any atom is -0.445 e. The molecule has 0 saturated carbocycles. The largest absolute Gasteiger partial charge is 0.445 e. The highest BCUT2D eigenvalue weighted by molar-refractivity contribution is 5.67. The Morgan fingerprint density at radius 2 is 2.17 bits per heavy atom. The molecule has 2 rings (SSSR count). The van der Waals surface area contributed by atoms with Gasteiger partial charge in [0.1, 0.15) is 6.61 Å². The molecule has 0 aliphatic carbocycles. The van der Waals surface area contributed by atoms with Crippen LogP contribution in [0.5, 0.6) is 0 Å². The molecule has 0 bridgehead atoms. The molecule has 0 spiro atoms. The molecule has 1 amide bonds. The fraction of sp³-hybridized carbons (Fsp3) is 0.462. The van der Waals surface area contributed by atoms with Gasteiger partial charge in [-0.05, 0) is 12.0 Å². The van der Waals surface area contributed by atoms with Gasteiger partial charge in [-0.25, -0.2) is 4.79 Å². The zero-order valence-corrected chi connectivity index (χ0v) is 10.0. The summed E-state index contributed by atoms with van der Waals surface area (Å²) in [4.78, 5) is 11.5. The van der Waals surface area contributed by atoms with Gasteiger partial charge in [-0.3, -0.25) is 0 Å². The van der Waals surface area contributed by atoms with Crippen LogP contribution in [0.2, 0.25) is 0 Å². The smallest absolute Gasteiger partial charge is 0.407 e. The van der Waals surface area contributed by atoms with Gasteiger partial charge in [0, 0.05) is 0 Å². The molecule has 1 aromatic rings. The number of amides is 1.